The van der Waals surface area contributed by atoms with Crippen molar-refractivity contribution in [2.24, 2.45) is 0 Å². The number of aliphatic hydroxyl groups is 1. The fourth-order valence-electron chi connectivity index (χ4n) is 1.51. The number of aliphatic hydroxyl groups excluding tert-OH is 1. The largest absolute Gasteiger partial charge is 0.390 e. The first-order valence-electron chi connectivity index (χ1n) is 5.48. The van der Waals surface area contributed by atoms with E-state index >= 15 is 0 Å². The average molecular weight is 196 g/mol. The van der Waals surface area contributed by atoms with Gasteiger partial charge in [0.2, 0.25) is 0 Å². The maximum absolute atomic E-state index is 8.82. The standard InChI is InChI=1S/C11H20N2O/c1-2-3-4-5-6-7-13-8-11(9-14)12-10-13/h8,10,14H,2-7,9H2,1H3. The highest BCUT2D eigenvalue weighted by molar-refractivity contribution is 4.93. The Morgan fingerprint density at radius 3 is 2.71 bits per heavy atom. The number of unbranched alkanes of at least 4 members (excludes halogenated alkanes) is 4. The van der Waals surface area contributed by atoms with Gasteiger partial charge in [0.05, 0.1) is 18.6 Å². The van der Waals surface area contributed by atoms with Gasteiger partial charge < -0.3 is 9.67 Å². The molecule has 80 valence electrons. The van der Waals surface area contributed by atoms with Crippen LogP contribution in [-0.2, 0) is 13.2 Å². The Morgan fingerprint density at radius 1 is 1.29 bits per heavy atom. The van der Waals surface area contributed by atoms with Crippen LogP contribution in [0, 0.1) is 0 Å². The summed E-state index contributed by atoms with van der Waals surface area (Å²) in [5.41, 5.74) is 0.763. The zero-order valence-corrected chi connectivity index (χ0v) is 8.95. The Hall–Kier alpha value is -0.830. The molecule has 0 saturated heterocycles. The van der Waals surface area contributed by atoms with Gasteiger partial charge in [0, 0.05) is 12.7 Å². The lowest BCUT2D eigenvalue weighted by molar-refractivity contribution is 0.277. The van der Waals surface area contributed by atoms with Crippen LogP contribution in [-0.4, -0.2) is 14.7 Å². The molecule has 0 radical (unpaired) electrons. The summed E-state index contributed by atoms with van der Waals surface area (Å²) in [6.07, 6.45) is 10.2. The fourth-order valence-corrected chi connectivity index (χ4v) is 1.51. The molecular formula is C11H20N2O. The van der Waals surface area contributed by atoms with Crippen molar-refractivity contribution in [3.63, 3.8) is 0 Å². The van der Waals surface area contributed by atoms with Gasteiger partial charge in [0.25, 0.3) is 0 Å². The maximum Gasteiger partial charge on any atom is 0.0950 e. The topological polar surface area (TPSA) is 38.0 Å². The first-order valence-corrected chi connectivity index (χ1v) is 5.48. The molecule has 0 aliphatic heterocycles. The summed E-state index contributed by atoms with van der Waals surface area (Å²) < 4.78 is 2.05. The van der Waals surface area contributed by atoms with Gasteiger partial charge >= 0.3 is 0 Å². The van der Waals surface area contributed by atoms with E-state index in [2.05, 4.69) is 16.5 Å². The highest BCUT2D eigenvalue weighted by Gasteiger charge is 1.96. The maximum atomic E-state index is 8.82. The van der Waals surface area contributed by atoms with Gasteiger partial charge in [-0.2, -0.15) is 0 Å². The van der Waals surface area contributed by atoms with E-state index in [0.29, 0.717) is 0 Å². The lowest BCUT2D eigenvalue weighted by atomic mass is 10.1. The summed E-state index contributed by atoms with van der Waals surface area (Å²) in [7, 11) is 0. The minimum Gasteiger partial charge on any atom is -0.390 e. The summed E-state index contributed by atoms with van der Waals surface area (Å²) in [6, 6.07) is 0. The van der Waals surface area contributed by atoms with Gasteiger partial charge in [-0.05, 0) is 6.42 Å². The molecule has 0 fully saturated rings. The van der Waals surface area contributed by atoms with Crippen LogP contribution in [0.2, 0.25) is 0 Å². The van der Waals surface area contributed by atoms with Crippen LogP contribution < -0.4 is 0 Å². The molecule has 0 bridgehead atoms. The second-order valence-electron chi connectivity index (χ2n) is 3.68. The number of imidazole rings is 1. The number of hydrogen-bond donors (Lipinski definition) is 1. The second-order valence-corrected chi connectivity index (χ2v) is 3.68. The minimum atomic E-state index is 0.0445. The van der Waals surface area contributed by atoms with Gasteiger partial charge in [-0.1, -0.05) is 32.6 Å². The molecule has 1 aromatic rings. The van der Waals surface area contributed by atoms with Crippen LogP contribution in [0.25, 0.3) is 0 Å². The molecule has 1 rings (SSSR count). The number of hydrogen-bond acceptors (Lipinski definition) is 2. The van der Waals surface area contributed by atoms with Crippen molar-refractivity contribution < 1.29 is 5.11 Å². The molecule has 0 saturated carbocycles. The Bertz CT molecular complexity index is 245. The molecule has 14 heavy (non-hydrogen) atoms. The molecule has 0 aromatic carbocycles. The van der Waals surface area contributed by atoms with E-state index in [9.17, 15) is 0 Å². The SMILES string of the molecule is CCCCCCCn1cnc(CO)c1. The minimum absolute atomic E-state index is 0.0445. The third kappa shape index (κ3) is 3.92. The predicted molar refractivity (Wildman–Crippen MR) is 56.9 cm³/mol. The molecule has 1 heterocycles. The summed E-state index contributed by atoms with van der Waals surface area (Å²) in [5.74, 6) is 0. The predicted octanol–water partition coefficient (Wildman–Crippen LogP) is 2.35. The van der Waals surface area contributed by atoms with Crippen molar-refractivity contribution in [1.29, 1.82) is 0 Å². The normalized spacial score (nSPS) is 10.7. The van der Waals surface area contributed by atoms with Crippen LogP contribution in [0.3, 0.4) is 0 Å². The van der Waals surface area contributed by atoms with E-state index in [-0.39, 0.29) is 6.61 Å². The van der Waals surface area contributed by atoms with E-state index in [0.717, 1.165) is 12.2 Å². The first-order chi connectivity index (χ1) is 6.86. The van der Waals surface area contributed by atoms with Crippen LogP contribution in [0.1, 0.15) is 44.7 Å². The smallest absolute Gasteiger partial charge is 0.0950 e. The second kappa shape index (κ2) is 6.60. The van der Waals surface area contributed by atoms with E-state index < -0.39 is 0 Å². The van der Waals surface area contributed by atoms with E-state index in [1.54, 1.807) is 6.33 Å². The quantitative estimate of drug-likeness (QED) is 0.680. The van der Waals surface area contributed by atoms with Gasteiger partial charge in [0.15, 0.2) is 0 Å². The van der Waals surface area contributed by atoms with Crippen molar-refractivity contribution in [3.05, 3.63) is 18.2 Å². The molecule has 1 aromatic heterocycles. The van der Waals surface area contributed by atoms with Crippen molar-refractivity contribution in [2.45, 2.75) is 52.2 Å². The van der Waals surface area contributed by atoms with Crippen LogP contribution in [0.5, 0.6) is 0 Å². The fraction of sp³-hybridized carbons (Fsp3) is 0.727. The van der Waals surface area contributed by atoms with Gasteiger partial charge in [-0.25, -0.2) is 4.98 Å². The van der Waals surface area contributed by atoms with Crippen LogP contribution in [0.15, 0.2) is 12.5 Å². The van der Waals surface area contributed by atoms with Gasteiger partial charge in [0.1, 0.15) is 0 Å². The monoisotopic (exact) mass is 196 g/mol. The lowest BCUT2D eigenvalue weighted by Crippen LogP contribution is -1.94. The van der Waals surface area contributed by atoms with E-state index in [1.807, 2.05) is 6.20 Å². The molecule has 3 heteroatoms. The van der Waals surface area contributed by atoms with Crippen molar-refractivity contribution in [2.75, 3.05) is 0 Å². The summed E-state index contributed by atoms with van der Waals surface area (Å²) >= 11 is 0. The first kappa shape index (κ1) is 11.2. The van der Waals surface area contributed by atoms with Crippen LogP contribution in [0.4, 0.5) is 0 Å². The third-order valence-corrected chi connectivity index (χ3v) is 2.37. The molecule has 0 unspecified atom stereocenters. The number of aromatic nitrogens is 2. The molecular weight excluding hydrogens is 176 g/mol. The summed E-state index contributed by atoms with van der Waals surface area (Å²) in [4.78, 5) is 4.06. The lowest BCUT2D eigenvalue weighted by Gasteiger charge is -2.01. The molecule has 1 N–H and O–H groups in total. The number of rotatable bonds is 7. The molecule has 0 spiro atoms. The zero-order valence-electron chi connectivity index (χ0n) is 8.95. The number of aryl methyl sites for hydroxylation is 1. The summed E-state index contributed by atoms with van der Waals surface area (Å²) in [5, 5.41) is 8.82. The average Bonchev–Trinajstić information content (AvgIpc) is 2.65. The van der Waals surface area contributed by atoms with Crippen molar-refractivity contribution in [1.82, 2.24) is 9.55 Å². The Kier molecular flexibility index (Phi) is 5.30. The van der Waals surface area contributed by atoms with Crippen LogP contribution >= 0.6 is 0 Å². The van der Waals surface area contributed by atoms with Crippen molar-refractivity contribution >= 4 is 0 Å². The van der Waals surface area contributed by atoms with E-state index in [1.165, 1.54) is 32.1 Å². The van der Waals surface area contributed by atoms with E-state index in [4.69, 9.17) is 5.11 Å². The molecule has 0 aliphatic carbocycles. The third-order valence-electron chi connectivity index (χ3n) is 2.37. The Labute approximate surface area is 85.8 Å². The number of nitrogens with zero attached hydrogens (tertiary/aromatic N) is 2. The molecule has 0 aliphatic rings. The van der Waals surface area contributed by atoms with Crippen molar-refractivity contribution in [3.8, 4) is 0 Å². The Balaban J connectivity index is 2.12. The molecule has 0 atom stereocenters. The zero-order chi connectivity index (χ0) is 10.2. The molecule has 3 nitrogen and oxygen atoms in total. The highest BCUT2D eigenvalue weighted by atomic mass is 16.3. The molecule has 0 amide bonds. The van der Waals surface area contributed by atoms with Gasteiger partial charge in [-0.3, -0.25) is 0 Å². The Morgan fingerprint density at radius 2 is 2.07 bits per heavy atom. The summed E-state index contributed by atoms with van der Waals surface area (Å²) in [6.45, 7) is 3.29. The van der Waals surface area contributed by atoms with Gasteiger partial charge in [-0.15, -0.1) is 0 Å². The highest BCUT2D eigenvalue weighted by Crippen LogP contribution is 2.05.